The molecule has 2 N–H and O–H groups in total. The van der Waals surface area contributed by atoms with Gasteiger partial charge in [-0.2, -0.15) is 0 Å². The van der Waals surface area contributed by atoms with Crippen LogP contribution in [0.1, 0.15) is 68.1 Å². The molecule has 3 aromatic rings. The Labute approximate surface area is 265 Å². The number of aryl methyl sites for hydroxylation is 1. The molecule has 0 spiro atoms. The third kappa shape index (κ3) is 8.48. The van der Waals surface area contributed by atoms with E-state index in [1.165, 1.54) is 5.56 Å². The van der Waals surface area contributed by atoms with E-state index in [1.807, 2.05) is 58.2 Å². The quantitative estimate of drug-likeness (QED) is 0.335. The molecular formula is C34H43ClN6O3. The first-order valence-electron chi connectivity index (χ1n) is 15.5. The Balaban J connectivity index is 1.06. The summed E-state index contributed by atoms with van der Waals surface area (Å²) in [6, 6.07) is 13.9. The SMILES string of the molecule is Cc1ccc(-c2cccc(C(=O)NC3CCN(Cc4ccc(N5CCC(NC(=O)OC(C)(C)C)CC5)nc4)CC3)c2Cl)cn1. The second-order valence-corrected chi connectivity index (χ2v) is 13.2. The Bertz CT molecular complexity index is 1420. The van der Waals surface area contributed by atoms with E-state index in [4.69, 9.17) is 21.3 Å². The molecule has 44 heavy (non-hydrogen) atoms. The number of ether oxygens (including phenoxy) is 1. The molecule has 10 heteroatoms. The Morgan fingerprint density at radius 3 is 2.25 bits per heavy atom. The number of anilines is 1. The summed E-state index contributed by atoms with van der Waals surface area (Å²) in [5.41, 5.74) is 3.80. The van der Waals surface area contributed by atoms with E-state index in [-0.39, 0.29) is 24.1 Å². The van der Waals surface area contributed by atoms with Crippen molar-refractivity contribution in [1.82, 2.24) is 25.5 Å². The van der Waals surface area contributed by atoms with Crippen LogP contribution in [-0.4, -0.2) is 70.7 Å². The number of alkyl carbamates (subject to hydrolysis) is 1. The smallest absolute Gasteiger partial charge is 0.407 e. The van der Waals surface area contributed by atoms with Crippen molar-refractivity contribution in [3.05, 3.63) is 76.7 Å². The zero-order valence-electron chi connectivity index (χ0n) is 26.1. The minimum absolute atomic E-state index is 0.104. The lowest BCUT2D eigenvalue weighted by Crippen LogP contribution is -2.46. The van der Waals surface area contributed by atoms with Crippen LogP contribution in [0, 0.1) is 6.92 Å². The van der Waals surface area contributed by atoms with Gasteiger partial charge in [0.05, 0.1) is 10.6 Å². The molecule has 5 rings (SSSR count). The summed E-state index contributed by atoms with van der Waals surface area (Å²) in [5.74, 6) is 0.826. The fourth-order valence-corrected chi connectivity index (χ4v) is 6.06. The molecule has 2 aromatic heterocycles. The molecule has 2 amide bonds. The maximum Gasteiger partial charge on any atom is 0.407 e. The van der Waals surface area contributed by atoms with Gasteiger partial charge in [0, 0.05) is 74.0 Å². The molecule has 9 nitrogen and oxygen atoms in total. The minimum Gasteiger partial charge on any atom is -0.444 e. The van der Waals surface area contributed by atoms with E-state index in [0.29, 0.717) is 10.6 Å². The number of nitrogens with one attached hydrogen (secondary N) is 2. The standard InChI is InChI=1S/C34H43ClN6O3/c1-23-8-10-25(21-36-23)28-6-5-7-29(31(28)35)32(42)38-26-12-16-40(17-13-26)22-24-9-11-30(37-20-24)41-18-14-27(15-19-41)39-33(43)44-34(2,3)4/h5-11,20-21,26-27H,12-19,22H2,1-4H3,(H,38,42)(H,39,43). The van der Waals surface area contributed by atoms with Crippen LogP contribution in [0.4, 0.5) is 10.6 Å². The number of pyridine rings is 2. The summed E-state index contributed by atoms with van der Waals surface area (Å²) in [5, 5.41) is 6.64. The molecule has 1 aromatic carbocycles. The summed E-state index contributed by atoms with van der Waals surface area (Å²) < 4.78 is 5.39. The highest BCUT2D eigenvalue weighted by molar-refractivity contribution is 6.36. The third-order valence-corrected chi connectivity index (χ3v) is 8.55. The van der Waals surface area contributed by atoms with Gasteiger partial charge in [-0.05, 0) is 77.1 Å². The molecule has 2 saturated heterocycles. The molecule has 0 aliphatic carbocycles. The number of rotatable bonds is 7. The highest BCUT2D eigenvalue weighted by Crippen LogP contribution is 2.31. The number of piperidine rings is 2. The fraction of sp³-hybridized carbons (Fsp3) is 0.471. The Morgan fingerprint density at radius 1 is 0.909 bits per heavy atom. The maximum atomic E-state index is 13.2. The number of carbonyl (C=O) groups excluding carboxylic acids is 2. The van der Waals surface area contributed by atoms with E-state index in [0.717, 1.165) is 81.0 Å². The van der Waals surface area contributed by atoms with Gasteiger partial charge >= 0.3 is 6.09 Å². The largest absolute Gasteiger partial charge is 0.444 e. The summed E-state index contributed by atoms with van der Waals surface area (Å²) in [6.45, 7) is 11.8. The lowest BCUT2D eigenvalue weighted by atomic mass is 10.0. The average Bonchev–Trinajstić information content (AvgIpc) is 2.99. The van der Waals surface area contributed by atoms with Crippen LogP contribution in [0.3, 0.4) is 0 Å². The van der Waals surface area contributed by atoms with Gasteiger partial charge < -0.3 is 20.3 Å². The second kappa shape index (κ2) is 13.9. The maximum absolute atomic E-state index is 13.2. The molecule has 0 unspecified atom stereocenters. The van der Waals surface area contributed by atoms with E-state index in [1.54, 1.807) is 12.3 Å². The molecule has 0 radical (unpaired) electrons. The first-order valence-corrected chi connectivity index (χ1v) is 15.9. The molecule has 2 aliphatic heterocycles. The predicted molar refractivity (Wildman–Crippen MR) is 174 cm³/mol. The number of nitrogens with zero attached hydrogens (tertiary/aromatic N) is 4. The van der Waals surface area contributed by atoms with E-state index < -0.39 is 5.60 Å². The van der Waals surface area contributed by atoms with Crippen molar-refractivity contribution in [2.75, 3.05) is 31.1 Å². The van der Waals surface area contributed by atoms with Gasteiger partial charge in [0.2, 0.25) is 0 Å². The zero-order valence-corrected chi connectivity index (χ0v) is 26.9. The predicted octanol–water partition coefficient (Wildman–Crippen LogP) is 5.99. The third-order valence-electron chi connectivity index (χ3n) is 8.14. The van der Waals surface area contributed by atoms with Crippen molar-refractivity contribution in [1.29, 1.82) is 0 Å². The topological polar surface area (TPSA) is 99.7 Å². The van der Waals surface area contributed by atoms with E-state index in [9.17, 15) is 9.59 Å². The first-order chi connectivity index (χ1) is 21.0. The Hall–Kier alpha value is -3.69. The molecule has 2 fully saturated rings. The van der Waals surface area contributed by atoms with Crippen LogP contribution in [0.5, 0.6) is 0 Å². The number of likely N-dealkylation sites (tertiary alicyclic amines) is 1. The molecule has 234 valence electrons. The van der Waals surface area contributed by atoms with Crippen LogP contribution in [0.15, 0.2) is 54.9 Å². The van der Waals surface area contributed by atoms with E-state index >= 15 is 0 Å². The van der Waals surface area contributed by atoms with Crippen molar-refractivity contribution < 1.29 is 14.3 Å². The van der Waals surface area contributed by atoms with Crippen LogP contribution >= 0.6 is 11.6 Å². The van der Waals surface area contributed by atoms with Crippen LogP contribution in [-0.2, 0) is 11.3 Å². The number of carbonyl (C=O) groups is 2. The number of benzene rings is 1. The summed E-state index contributed by atoms with van der Waals surface area (Å²) in [7, 11) is 0. The highest BCUT2D eigenvalue weighted by Gasteiger charge is 2.25. The highest BCUT2D eigenvalue weighted by atomic mass is 35.5. The van der Waals surface area contributed by atoms with Gasteiger partial charge in [-0.25, -0.2) is 9.78 Å². The summed E-state index contributed by atoms with van der Waals surface area (Å²) in [4.78, 5) is 39.0. The number of amides is 2. The fourth-order valence-electron chi connectivity index (χ4n) is 5.74. The molecule has 0 atom stereocenters. The van der Waals surface area contributed by atoms with Crippen molar-refractivity contribution in [2.24, 2.45) is 0 Å². The number of hydrogen-bond donors (Lipinski definition) is 2. The second-order valence-electron chi connectivity index (χ2n) is 12.8. The first kappa shape index (κ1) is 31.7. The van der Waals surface area contributed by atoms with Gasteiger partial charge in [-0.3, -0.25) is 14.7 Å². The van der Waals surface area contributed by atoms with Crippen molar-refractivity contribution in [3.8, 4) is 11.1 Å². The summed E-state index contributed by atoms with van der Waals surface area (Å²) >= 11 is 6.69. The minimum atomic E-state index is -0.495. The van der Waals surface area contributed by atoms with Crippen molar-refractivity contribution >= 4 is 29.4 Å². The van der Waals surface area contributed by atoms with Crippen LogP contribution < -0.4 is 15.5 Å². The lowest BCUT2D eigenvalue weighted by Gasteiger charge is -2.34. The van der Waals surface area contributed by atoms with Crippen molar-refractivity contribution in [3.63, 3.8) is 0 Å². The van der Waals surface area contributed by atoms with Gasteiger partial charge in [0.1, 0.15) is 11.4 Å². The molecule has 0 bridgehead atoms. The Morgan fingerprint density at radius 2 is 1.61 bits per heavy atom. The van der Waals surface area contributed by atoms with Gasteiger partial charge in [-0.15, -0.1) is 0 Å². The normalized spacial score (nSPS) is 16.9. The van der Waals surface area contributed by atoms with Gasteiger partial charge in [-0.1, -0.05) is 35.9 Å². The van der Waals surface area contributed by atoms with Crippen LogP contribution in [0.25, 0.3) is 11.1 Å². The van der Waals surface area contributed by atoms with Crippen molar-refractivity contribution in [2.45, 2.75) is 77.6 Å². The van der Waals surface area contributed by atoms with E-state index in [2.05, 4.69) is 37.6 Å². The monoisotopic (exact) mass is 618 g/mol. The number of halogens is 1. The van der Waals surface area contributed by atoms with Gasteiger partial charge in [0.15, 0.2) is 0 Å². The molecular weight excluding hydrogens is 576 g/mol. The van der Waals surface area contributed by atoms with Gasteiger partial charge in [0.25, 0.3) is 5.91 Å². The van der Waals surface area contributed by atoms with Crippen LogP contribution in [0.2, 0.25) is 5.02 Å². The average molecular weight is 619 g/mol. The number of aromatic nitrogens is 2. The Kier molecular flexibility index (Phi) is 10.1. The lowest BCUT2D eigenvalue weighted by molar-refractivity contribution is 0.0497. The molecule has 4 heterocycles. The summed E-state index contributed by atoms with van der Waals surface area (Å²) in [6.07, 6.45) is 6.87. The zero-order chi connectivity index (χ0) is 31.3. The number of hydrogen-bond acceptors (Lipinski definition) is 7. The molecule has 0 saturated carbocycles. The molecule has 2 aliphatic rings.